The molecule has 0 saturated heterocycles. The van der Waals surface area contributed by atoms with E-state index in [-0.39, 0.29) is 0 Å². The van der Waals surface area contributed by atoms with Crippen molar-refractivity contribution >= 4 is 10.2 Å². The van der Waals surface area contributed by atoms with E-state index >= 15 is 0 Å². The normalized spacial score (nSPS) is 12.4. The van der Waals surface area contributed by atoms with E-state index in [0.29, 0.717) is 6.54 Å². The van der Waals surface area contributed by atoms with E-state index in [1.54, 1.807) is 6.92 Å². The predicted octanol–water partition coefficient (Wildman–Crippen LogP) is -0.598. The molecule has 0 saturated carbocycles. The number of nitrogens with zero attached hydrogens (tertiary/aromatic N) is 1. The predicted molar refractivity (Wildman–Crippen MR) is 36.3 cm³/mol. The molecule has 0 bridgehead atoms. The number of hydrogen-bond donors (Lipinski definition) is 1. The van der Waals surface area contributed by atoms with Crippen molar-refractivity contribution in [1.29, 1.82) is 0 Å². The smallest absolute Gasteiger partial charge is 0.205 e. The number of hydrogen-bond acceptors (Lipinski definition) is 2. The second kappa shape index (κ2) is 3.14. The Morgan fingerprint density at radius 2 is 2.00 bits per heavy atom. The van der Waals surface area contributed by atoms with Crippen LogP contribution in [0, 0.1) is 0 Å². The minimum absolute atomic E-state index is 0.489. The molecule has 0 spiro atoms. The minimum Gasteiger partial charge on any atom is -0.205 e. The summed E-state index contributed by atoms with van der Waals surface area (Å²) >= 11 is 0. The summed E-state index contributed by atoms with van der Waals surface area (Å²) in [5.74, 6) is 0. The van der Waals surface area contributed by atoms with E-state index in [4.69, 9.17) is 0 Å². The van der Waals surface area contributed by atoms with Crippen LogP contribution in [-0.4, -0.2) is 33.4 Å². The highest BCUT2D eigenvalue weighted by molar-refractivity contribution is 7.87. The average Bonchev–Trinajstić information content (AvgIpc) is 1.86. The zero-order chi connectivity index (χ0) is 7.49. The Bertz CT molecular complexity index is 163. The molecule has 0 aromatic rings. The lowest BCUT2D eigenvalue weighted by molar-refractivity contribution is 0.478. The second-order valence-electron chi connectivity index (χ2n) is 1.62. The van der Waals surface area contributed by atoms with Crippen molar-refractivity contribution in [2.75, 3.05) is 20.6 Å². The van der Waals surface area contributed by atoms with E-state index in [0.717, 1.165) is 0 Å². The third-order valence-corrected chi connectivity index (χ3v) is 2.71. The lowest BCUT2D eigenvalue weighted by Crippen LogP contribution is -2.35. The average molecular weight is 152 g/mol. The SMILES string of the molecule is CCN(C)S(=O)(=O)NC. The summed E-state index contributed by atoms with van der Waals surface area (Å²) in [6.07, 6.45) is 0. The highest BCUT2D eigenvalue weighted by atomic mass is 32.2. The van der Waals surface area contributed by atoms with Gasteiger partial charge in [-0.15, -0.1) is 0 Å². The fraction of sp³-hybridized carbons (Fsp3) is 1.00. The first kappa shape index (κ1) is 8.87. The molecule has 9 heavy (non-hydrogen) atoms. The van der Waals surface area contributed by atoms with Crippen LogP contribution < -0.4 is 4.72 Å². The minimum atomic E-state index is -3.16. The zero-order valence-electron chi connectivity index (χ0n) is 5.88. The molecule has 0 heterocycles. The van der Waals surface area contributed by atoms with Crippen LogP contribution in [-0.2, 0) is 10.2 Å². The van der Waals surface area contributed by atoms with Gasteiger partial charge in [0.05, 0.1) is 0 Å². The van der Waals surface area contributed by atoms with Crippen LogP contribution in [0.3, 0.4) is 0 Å². The summed E-state index contributed by atoms with van der Waals surface area (Å²) in [6, 6.07) is 0. The van der Waals surface area contributed by atoms with E-state index in [1.807, 2.05) is 0 Å². The summed E-state index contributed by atoms with van der Waals surface area (Å²) in [4.78, 5) is 0. The van der Waals surface area contributed by atoms with Crippen LogP contribution in [0.1, 0.15) is 6.92 Å². The van der Waals surface area contributed by atoms with Crippen molar-refractivity contribution in [2.24, 2.45) is 0 Å². The van der Waals surface area contributed by atoms with Gasteiger partial charge in [0, 0.05) is 20.6 Å². The van der Waals surface area contributed by atoms with Gasteiger partial charge in [0.1, 0.15) is 0 Å². The Kier molecular flexibility index (Phi) is 3.10. The highest BCUT2D eigenvalue weighted by Gasteiger charge is 2.10. The van der Waals surface area contributed by atoms with Crippen molar-refractivity contribution in [1.82, 2.24) is 9.03 Å². The lowest BCUT2D eigenvalue weighted by atomic mass is 10.8. The van der Waals surface area contributed by atoms with Crippen LogP contribution in [0.4, 0.5) is 0 Å². The molecule has 1 N–H and O–H groups in total. The molecule has 0 aliphatic rings. The molecule has 0 unspecified atom stereocenters. The third-order valence-electron chi connectivity index (χ3n) is 1.11. The Morgan fingerprint density at radius 1 is 1.56 bits per heavy atom. The van der Waals surface area contributed by atoms with Crippen LogP contribution in [0.2, 0.25) is 0 Å². The van der Waals surface area contributed by atoms with Crippen LogP contribution in [0.15, 0.2) is 0 Å². The van der Waals surface area contributed by atoms with Crippen LogP contribution >= 0.6 is 0 Å². The van der Waals surface area contributed by atoms with Gasteiger partial charge >= 0.3 is 0 Å². The largest absolute Gasteiger partial charge is 0.278 e. The van der Waals surface area contributed by atoms with Gasteiger partial charge in [0.15, 0.2) is 0 Å². The fourth-order valence-corrected chi connectivity index (χ4v) is 0.977. The first-order valence-electron chi connectivity index (χ1n) is 2.69. The Labute approximate surface area is 56.0 Å². The Balaban J connectivity index is 4.17. The molecule has 0 aliphatic heterocycles. The van der Waals surface area contributed by atoms with Gasteiger partial charge in [0.2, 0.25) is 0 Å². The van der Waals surface area contributed by atoms with E-state index in [2.05, 4.69) is 4.72 Å². The molecule has 0 aliphatic carbocycles. The Morgan fingerprint density at radius 3 is 2.11 bits per heavy atom. The first-order chi connectivity index (χ1) is 4.04. The maximum atomic E-state index is 10.7. The molecule has 0 atom stereocenters. The van der Waals surface area contributed by atoms with E-state index in [1.165, 1.54) is 18.4 Å². The molecule has 0 rings (SSSR count). The standard InChI is InChI=1S/C4H12N2O2S/c1-4-6(3)9(7,8)5-2/h5H,4H2,1-3H3. The topological polar surface area (TPSA) is 49.4 Å². The lowest BCUT2D eigenvalue weighted by Gasteiger charge is -2.12. The fourth-order valence-electron chi connectivity index (χ4n) is 0.326. The molecule has 4 nitrogen and oxygen atoms in total. The van der Waals surface area contributed by atoms with Gasteiger partial charge in [-0.1, -0.05) is 6.92 Å². The number of rotatable bonds is 3. The quantitative estimate of drug-likeness (QED) is 0.587. The summed E-state index contributed by atoms with van der Waals surface area (Å²) in [6.45, 7) is 2.26. The molecule has 0 aromatic heterocycles. The summed E-state index contributed by atoms with van der Waals surface area (Å²) in [5, 5.41) is 0. The Hall–Kier alpha value is -0.130. The third kappa shape index (κ3) is 2.30. The van der Waals surface area contributed by atoms with Crippen molar-refractivity contribution in [2.45, 2.75) is 6.92 Å². The maximum Gasteiger partial charge on any atom is 0.278 e. The van der Waals surface area contributed by atoms with Crippen molar-refractivity contribution < 1.29 is 8.42 Å². The number of nitrogens with one attached hydrogen (secondary N) is 1. The van der Waals surface area contributed by atoms with Crippen LogP contribution in [0.5, 0.6) is 0 Å². The molecular weight excluding hydrogens is 140 g/mol. The summed E-state index contributed by atoms with van der Waals surface area (Å²) < 4.78 is 24.9. The molecule has 0 radical (unpaired) electrons. The molecule has 0 fully saturated rings. The molecular formula is C4H12N2O2S. The molecule has 5 heteroatoms. The van der Waals surface area contributed by atoms with Crippen molar-refractivity contribution in [3.8, 4) is 0 Å². The second-order valence-corrected chi connectivity index (χ2v) is 3.61. The van der Waals surface area contributed by atoms with Gasteiger partial charge in [-0.25, -0.2) is 4.72 Å². The molecule has 0 aromatic carbocycles. The first-order valence-corrected chi connectivity index (χ1v) is 4.13. The van der Waals surface area contributed by atoms with Gasteiger partial charge in [0.25, 0.3) is 10.2 Å². The van der Waals surface area contributed by atoms with Gasteiger partial charge < -0.3 is 0 Å². The summed E-state index contributed by atoms with van der Waals surface area (Å²) in [5.41, 5.74) is 0. The maximum absolute atomic E-state index is 10.7. The van der Waals surface area contributed by atoms with Gasteiger partial charge in [-0.05, 0) is 0 Å². The van der Waals surface area contributed by atoms with Crippen molar-refractivity contribution in [3.63, 3.8) is 0 Å². The molecule has 0 amide bonds. The van der Waals surface area contributed by atoms with E-state index in [9.17, 15) is 8.42 Å². The van der Waals surface area contributed by atoms with Gasteiger partial charge in [-0.2, -0.15) is 12.7 Å². The van der Waals surface area contributed by atoms with Crippen molar-refractivity contribution in [3.05, 3.63) is 0 Å². The monoisotopic (exact) mass is 152 g/mol. The molecule has 56 valence electrons. The van der Waals surface area contributed by atoms with Gasteiger partial charge in [-0.3, -0.25) is 0 Å². The van der Waals surface area contributed by atoms with E-state index < -0.39 is 10.2 Å². The summed E-state index contributed by atoms with van der Waals surface area (Å²) in [7, 11) is -0.255. The van der Waals surface area contributed by atoms with Crippen LogP contribution in [0.25, 0.3) is 0 Å². The highest BCUT2D eigenvalue weighted by Crippen LogP contribution is 1.88. The zero-order valence-corrected chi connectivity index (χ0v) is 6.70.